The van der Waals surface area contributed by atoms with E-state index in [0.717, 1.165) is 24.6 Å². The highest BCUT2D eigenvalue weighted by Gasteiger charge is 2.38. The minimum absolute atomic E-state index is 0.0826. The van der Waals surface area contributed by atoms with Crippen molar-refractivity contribution in [2.45, 2.75) is 51.4 Å². The van der Waals surface area contributed by atoms with Crippen molar-refractivity contribution >= 4 is 5.91 Å². The summed E-state index contributed by atoms with van der Waals surface area (Å²) in [5.41, 5.74) is 0.600. The summed E-state index contributed by atoms with van der Waals surface area (Å²) < 4.78 is 41.5. The Labute approximate surface area is 143 Å². The summed E-state index contributed by atoms with van der Waals surface area (Å²) in [6.45, 7) is 2.86. The van der Waals surface area contributed by atoms with Crippen molar-refractivity contribution in [1.29, 1.82) is 0 Å². The smallest absolute Gasteiger partial charge is 0.354 e. The lowest BCUT2D eigenvalue weighted by Crippen LogP contribution is -2.30. The van der Waals surface area contributed by atoms with Crippen molar-refractivity contribution in [2.24, 2.45) is 0 Å². The van der Waals surface area contributed by atoms with Gasteiger partial charge < -0.3 is 5.32 Å². The fraction of sp³-hybridized carbons (Fsp3) is 0.562. The van der Waals surface area contributed by atoms with E-state index in [0.29, 0.717) is 25.2 Å². The van der Waals surface area contributed by atoms with E-state index < -0.39 is 11.9 Å². The Bertz CT molecular complexity index is 745. The molecule has 0 aromatic carbocycles. The first kappa shape index (κ1) is 17.5. The van der Waals surface area contributed by atoms with Gasteiger partial charge in [0.1, 0.15) is 6.54 Å². The predicted octanol–water partition coefficient (Wildman–Crippen LogP) is 2.49. The van der Waals surface area contributed by atoms with E-state index in [-0.39, 0.29) is 18.4 Å². The molecule has 2 heterocycles. The summed E-state index contributed by atoms with van der Waals surface area (Å²) in [6.07, 6.45) is -0.408. The Hall–Kier alpha value is -2.32. The largest absolute Gasteiger partial charge is 0.435 e. The number of nitrogens with one attached hydrogen (secondary N) is 1. The van der Waals surface area contributed by atoms with Crippen molar-refractivity contribution in [3.8, 4) is 0 Å². The van der Waals surface area contributed by atoms with Gasteiger partial charge in [-0.15, -0.1) is 0 Å². The summed E-state index contributed by atoms with van der Waals surface area (Å²) >= 11 is 0. The second-order valence-corrected chi connectivity index (χ2v) is 6.28. The van der Waals surface area contributed by atoms with Crippen LogP contribution >= 0.6 is 0 Å². The number of amides is 1. The first-order valence-corrected chi connectivity index (χ1v) is 8.24. The van der Waals surface area contributed by atoms with Crippen LogP contribution in [0.1, 0.15) is 42.3 Å². The highest BCUT2D eigenvalue weighted by molar-refractivity contribution is 5.75. The first-order chi connectivity index (χ1) is 11.8. The van der Waals surface area contributed by atoms with Crippen molar-refractivity contribution in [1.82, 2.24) is 24.9 Å². The van der Waals surface area contributed by atoms with Gasteiger partial charge >= 0.3 is 6.18 Å². The predicted molar refractivity (Wildman–Crippen MR) is 83.8 cm³/mol. The summed E-state index contributed by atoms with van der Waals surface area (Å²) in [4.78, 5) is 12.0. The molecule has 1 aliphatic rings. The number of halogens is 3. The molecule has 6 nitrogen and oxygen atoms in total. The van der Waals surface area contributed by atoms with Crippen LogP contribution in [0.25, 0.3) is 0 Å². The van der Waals surface area contributed by atoms with Gasteiger partial charge in [-0.2, -0.15) is 23.4 Å². The summed E-state index contributed by atoms with van der Waals surface area (Å²) in [7, 11) is 0. The molecular formula is C16H20F3N5O. The monoisotopic (exact) mass is 355 g/mol. The van der Waals surface area contributed by atoms with Crippen molar-refractivity contribution in [3.05, 3.63) is 35.4 Å². The zero-order valence-corrected chi connectivity index (χ0v) is 13.9. The van der Waals surface area contributed by atoms with Crippen LogP contribution in [0, 0.1) is 6.92 Å². The number of aryl methyl sites for hydroxylation is 2. The van der Waals surface area contributed by atoms with Crippen LogP contribution in [-0.4, -0.2) is 32.0 Å². The molecule has 2 aromatic rings. The van der Waals surface area contributed by atoms with Gasteiger partial charge in [0.25, 0.3) is 0 Å². The van der Waals surface area contributed by atoms with Crippen LogP contribution in [0.2, 0.25) is 0 Å². The lowest BCUT2D eigenvalue weighted by atomic mass is 10.2. The molecule has 3 rings (SSSR count). The Balaban J connectivity index is 1.52. The number of nitrogens with zero attached hydrogens (tertiary/aromatic N) is 4. The van der Waals surface area contributed by atoms with Crippen LogP contribution in [0.4, 0.5) is 13.2 Å². The third-order valence-electron chi connectivity index (χ3n) is 4.19. The average molecular weight is 355 g/mol. The van der Waals surface area contributed by atoms with Crippen molar-refractivity contribution < 1.29 is 18.0 Å². The number of rotatable bonds is 7. The Kier molecular flexibility index (Phi) is 4.82. The molecule has 1 saturated carbocycles. The standard InChI is InChI=1S/C16H20F3N5O/c1-11-5-7-21-23(11)8-2-6-20-15(25)10-24-13(12-3-4-12)9-14(22-24)16(17,18)19/h5,7,9,12H,2-4,6,8,10H2,1H3,(H,20,25). The van der Waals surface area contributed by atoms with Gasteiger partial charge in [-0.1, -0.05) is 0 Å². The molecular weight excluding hydrogens is 335 g/mol. The number of hydrogen-bond acceptors (Lipinski definition) is 3. The topological polar surface area (TPSA) is 64.7 Å². The van der Waals surface area contributed by atoms with Crippen LogP contribution in [0.15, 0.2) is 18.3 Å². The first-order valence-electron chi connectivity index (χ1n) is 8.24. The van der Waals surface area contributed by atoms with Crippen LogP contribution in [0.5, 0.6) is 0 Å². The summed E-state index contributed by atoms with van der Waals surface area (Å²) in [5, 5.41) is 10.5. The average Bonchev–Trinajstić information content (AvgIpc) is 3.16. The van der Waals surface area contributed by atoms with Gasteiger partial charge in [0.2, 0.25) is 5.91 Å². The molecule has 0 unspecified atom stereocenters. The Morgan fingerprint density at radius 3 is 2.72 bits per heavy atom. The molecule has 0 saturated heterocycles. The van der Waals surface area contributed by atoms with E-state index in [2.05, 4.69) is 15.5 Å². The molecule has 0 spiro atoms. The summed E-state index contributed by atoms with van der Waals surface area (Å²) in [5.74, 6) is -0.255. The number of hydrogen-bond donors (Lipinski definition) is 1. The van der Waals surface area contributed by atoms with E-state index in [9.17, 15) is 18.0 Å². The minimum Gasteiger partial charge on any atom is -0.354 e. The van der Waals surface area contributed by atoms with E-state index in [1.165, 1.54) is 4.68 Å². The van der Waals surface area contributed by atoms with Crippen LogP contribution in [-0.2, 0) is 24.1 Å². The van der Waals surface area contributed by atoms with Gasteiger partial charge in [-0.25, -0.2) is 0 Å². The highest BCUT2D eigenvalue weighted by atomic mass is 19.4. The Morgan fingerprint density at radius 1 is 1.36 bits per heavy atom. The van der Waals surface area contributed by atoms with E-state index in [1.807, 2.05) is 17.7 Å². The molecule has 136 valence electrons. The van der Waals surface area contributed by atoms with Gasteiger partial charge in [-0.05, 0) is 38.3 Å². The second kappa shape index (κ2) is 6.89. The quantitative estimate of drug-likeness (QED) is 0.776. The number of carbonyl (C=O) groups is 1. The molecule has 0 radical (unpaired) electrons. The van der Waals surface area contributed by atoms with E-state index in [4.69, 9.17) is 0 Å². The number of carbonyl (C=O) groups excluding carboxylic acids is 1. The molecule has 0 bridgehead atoms. The lowest BCUT2D eigenvalue weighted by molar-refractivity contribution is -0.141. The maximum absolute atomic E-state index is 12.8. The fourth-order valence-electron chi connectivity index (χ4n) is 2.69. The molecule has 25 heavy (non-hydrogen) atoms. The number of aromatic nitrogens is 4. The van der Waals surface area contributed by atoms with E-state index in [1.54, 1.807) is 6.20 Å². The number of alkyl halides is 3. The molecule has 1 aliphatic carbocycles. The van der Waals surface area contributed by atoms with Gasteiger partial charge in [0.15, 0.2) is 5.69 Å². The highest BCUT2D eigenvalue weighted by Crippen LogP contribution is 2.42. The second-order valence-electron chi connectivity index (χ2n) is 6.28. The van der Waals surface area contributed by atoms with Crippen LogP contribution in [0.3, 0.4) is 0 Å². The van der Waals surface area contributed by atoms with Crippen molar-refractivity contribution in [3.63, 3.8) is 0 Å². The third-order valence-corrected chi connectivity index (χ3v) is 4.19. The zero-order chi connectivity index (χ0) is 18.0. The molecule has 2 aromatic heterocycles. The van der Waals surface area contributed by atoms with Crippen molar-refractivity contribution in [2.75, 3.05) is 6.54 Å². The maximum Gasteiger partial charge on any atom is 0.435 e. The third kappa shape index (κ3) is 4.40. The van der Waals surface area contributed by atoms with Gasteiger partial charge in [0.05, 0.1) is 0 Å². The maximum atomic E-state index is 12.8. The van der Waals surface area contributed by atoms with Crippen LogP contribution < -0.4 is 5.32 Å². The zero-order valence-electron chi connectivity index (χ0n) is 13.9. The minimum atomic E-state index is -4.49. The molecule has 1 N–H and O–H groups in total. The SMILES string of the molecule is Cc1ccnn1CCCNC(=O)Cn1nc(C(F)(F)F)cc1C1CC1. The van der Waals surface area contributed by atoms with Gasteiger partial charge in [0, 0.05) is 36.6 Å². The molecule has 1 fully saturated rings. The normalized spacial score (nSPS) is 14.7. The Morgan fingerprint density at radius 2 is 2.12 bits per heavy atom. The molecule has 9 heteroatoms. The fourth-order valence-corrected chi connectivity index (χ4v) is 2.69. The summed E-state index contributed by atoms with van der Waals surface area (Å²) in [6, 6.07) is 2.96. The lowest BCUT2D eigenvalue weighted by Gasteiger charge is -2.09. The van der Waals surface area contributed by atoms with Gasteiger partial charge in [-0.3, -0.25) is 14.2 Å². The molecule has 0 atom stereocenters. The molecule has 1 amide bonds. The van der Waals surface area contributed by atoms with E-state index >= 15 is 0 Å². The molecule has 0 aliphatic heterocycles.